The molecular formula is C18H18N6. The molecule has 24 heavy (non-hydrogen) atoms. The molecule has 3 aromatic rings. The highest BCUT2D eigenvalue weighted by Crippen LogP contribution is 2.20. The lowest BCUT2D eigenvalue weighted by Crippen LogP contribution is -1.98. The van der Waals surface area contributed by atoms with E-state index < -0.39 is 0 Å². The van der Waals surface area contributed by atoms with Gasteiger partial charge in [-0.3, -0.25) is 9.98 Å². The van der Waals surface area contributed by atoms with Crippen molar-refractivity contribution in [2.24, 2.45) is 10.7 Å². The zero-order chi connectivity index (χ0) is 16.9. The van der Waals surface area contributed by atoms with E-state index in [-0.39, 0.29) is 0 Å². The van der Waals surface area contributed by atoms with Gasteiger partial charge in [0.05, 0.1) is 11.0 Å². The summed E-state index contributed by atoms with van der Waals surface area (Å²) in [6, 6.07) is 9.66. The molecule has 0 radical (unpaired) electrons. The Kier molecular flexibility index (Phi) is 4.47. The van der Waals surface area contributed by atoms with Crippen molar-refractivity contribution in [2.75, 3.05) is 12.4 Å². The number of nitrogens with two attached hydrogens (primary N) is 1. The van der Waals surface area contributed by atoms with Gasteiger partial charge in [-0.25, -0.2) is 9.97 Å². The number of pyridine rings is 3. The Morgan fingerprint density at radius 2 is 2.00 bits per heavy atom. The number of nitrogens with one attached hydrogen (secondary N) is 1. The highest BCUT2D eigenvalue weighted by atomic mass is 15.1. The highest BCUT2D eigenvalue weighted by Gasteiger charge is 2.05. The minimum absolute atomic E-state index is 0.710. The van der Waals surface area contributed by atoms with Crippen LogP contribution in [0.15, 0.2) is 53.9 Å². The molecule has 0 saturated carbocycles. The number of hydrogen-bond donors (Lipinski definition) is 2. The molecular weight excluding hydrogens is 300 g/mol. The van der Waals surface area contributed by atoms with Gasteiger partial charge in [0, 0.05) is 43.0 Å². The molecule has 0 spiro atoms. The van der Waals surface area contributed by atoms with Crippen LogP contribution in [0.3, 0.4) is 0 Å². The minimum Gasteiger partial charge on any atom is -0.404 e. The number of hydrogen-bond acceptors (Lipinski definition) is 6. The Morgan fingerprint density at radius 1 is 1.12 bits per heavy atom. The van der Waals surface area contributed by atoms with E-state index in [1.165, 1.54) is 6.20 Å². The molecule has 3 aromatic heterocycles. The molecule has 0 bridgehead atoms. The number of nitrogens with zero attached hydrogens (tertiary/aromatic N) is 4. The number of aromatic nitrogens is 3. The van der Waals surface area contributed by atoms with E-state index in [9.17, 15) is 0 Å². The standard InChI is InChI=1S/C18H18N6/c1-12-5-6-21-18(7-12)24-17-4-3-15-16(23-17)8-13(11-22-15)14(9-19)10-20-2/h3-11H,19H2,1-2H3,(H,21,23,24). The van der Waals surface area contributed by atoms with Crippen LogP contribution in [0, 0.1) is 6.92 Å². The fourth-order valence-electron chi connectivity index (χ4n) is 2.32. The molecule has 120 valence electrons. The summed E-state index contributed by atoms with van der Waals surface area (Å²) in [6.07, 6.45) is 6.73. The van der Waals surface area contributed by atoms with Gasteiger partial charge in [0.2, 0.25) is 0 Å². The number of fused-ring (bicyclic) bond motifs is 1. The van der Waals surface area contributed by atoms with E-state index >= 15 is 0 Å². The lowest BCUT2D eigenvalue weighted by molar-refractivity contribution is 1.24. The van der Waals surface area contributed by atoms with Gasteiger partial charge < -0.3 is 11.1 Å². The quantitative estimate of drug-likeness (QED) is 0.722. The van der Waals surface area contributed by atoms with Crippen molar-refractivity contribution in [3.05, 3.63) is 60.1 Å². The Balaban J connectivity index is 1.97. The normalized spacial score (nSPS) is 12.0. The summed E-state index contributed by atoms with van der Waals surface area (Å²) in [6.45, 7) is 2.02. The summed E-state index contributed by atoms with van der Waals surface area (Å²) in [4.78, 5) is 17.3. The van der Waals surface area contributed by atoms with Crippen LogP contribution in [-0.2, 0) is 0 Å². The van der Waals surface area contributed by atoms with Crippen molar-refractivity contribution < 1.29 is 0 Å². The second-order valence-electron chi connectivity index (χ2n) is 5.31. The van der Waals surface area contributed by atoms with Gasteiger partial charge in [0.25, 0.3) is 0 Å². The molecule has 0 unspecified atom stereocenters. The summed E-state index contributed by atoms with van der Waals surface area (Å²) in [5, 5.41) is 3.21. The molecule has 6 nitrogen and oxygen atoms in total. The summed E-state index contributed by atoms with van der Waals surface area (Å²) < 4.78 is 0. The van der Waals surface area contributed by atoms with Crippen LogP contribution in [0.4, 0.5) is 11.6 Å². The maximum Gasteiger partial charge on any atom is 0.132 e. The third-order valence-corrected chi connectivity index (χ3v) is 3.49. The van der Waals surface area contributed by atoms with E-state index in [1.807, 2.05) is 37.3 Å². The summed E-state index contributed by atoms with van der Waals surface area (Å²) in [7, 11) is 1.70. The predicted octanol–water partition coefficient (Wildman–Crippen LogP) is 3.08. The van der Waals surface area contributed by atoms with Crippen molar-refractivity contribution >= 4 is 34.5 Å². The first-order valence-corrected chi connectivity index (χ1v) is 7.50. The summed E-state index contributed by atoms with van der Waals surface area (Å²) >= 11 is 0. The molecule has 3 N–H and O–H groups in total. The number of allylic oxidation sites excluding steroid dienone is 1. The second-order valence-corrected chi connectivity index (χ2v) is 5.31. The number of aryl methyl sites for hydroxylation is 1. The number of aliphatic imine (C=N–C) groups is 1. The van der Waals surface area contributed by atoms with Crippen molar-refractivity contribution in [3.63, 3.8) is 0 Å². The van der Waals surface area contributed by atoms with E-state index in [1.54, 1.807) is 25.7 Å². The monoisotopic (exact) mass is 318 g/mol. The Morgan fingerprint density at radius 3 is 2.75 bits per heavy atom. The minimum atomic E-state index is 0.710. The average molecular weight is 318 g/mol. The smallest absolute Gasteiger partial charge is 0.132 e. The highest BCUT2D eigenvalue weighted by molar-refractivity contribution is 6.10. The van der Waals surface area contributed by atoms with Crippen molar-refractivity contribution in [1.29, 1.82) is 0 Å². The topological polar surface area (TPSA) is 89.1 Å². The predicted molar refractivity (Wildman–Crippen MR) is 98.4 cm³/mol. The van der Waals surface area contributed by atoms with Gasteiger partial charge in [-0.1, -0.05) is 0 Å². The molecule has 0 aliphatic carbocycles. The first-order chi connectivity index (χ1) is 11.7. The number of rotatable bonds is 4. The van der Waals surface area contributed by atoms with Crippen LogP contribution in [0.2, 0.25) is 0 Å². The van der Waals surface area contributed by atoms with E-state index in [0.717, 1.165) is 33.6 Å². The fraction of sp³-hybridized carbons (Fsp3) is 0.111. The van der Waals surface area contributed by atoms with Gasteiger partial charge >= 0.3 is 0 Å². The Labute approximate surface area is 140 Å². The van der Waals surface area contributed by atoms with Crippen LogP contribution in [0.1, 0.15) is 11.1 Å². The first kappa shape index (κ1) is 15.6. The van der Waals surface area contributed by atoms with E-state index in [4.69, 9.17) is 5.73 Å². The molecule has 0 saturated heterocycles. The zero-order valence-electron chi connectivity index (χ0n) is 13.6. The maximum atomic E-state index is 5.66. The average Bonchev–Trinajstić information content (AvgIpc) is 2.59. The van der Waals surface area contributed by atoms with Crippen LogP contribution in [-0.4, -0.2) is 28.2 Å². The lowest BCUT2D eigenvalue weighted by atomic mass is 10.1. The van der Waals surface area contributed by atoms with Crippen LogP contribution in [0.25, 0.3) is 16.6 Å². The molecule has 0 fully saturated rings. The third kappa shape index (κ3) is 3.38. The Hall–Kier alpha value is -3.28. The largest absolute Gasteiger partial charge is 0.404 e. The van der Waals surface area contributed by atoms with Gasteiger partial charge in [-0.2, -0.15) is 0 Å². The first-order valence-electron chi connectivity index (χ1n) is 7.50. The third-order valence-electron chi connectivity index (χ3n) is 3.49. The van der Waals surface area contributed by atoms with Crippen LogP contribution in [0.5, 0.6) is 0 Å². The molecule has 0 atom stereocenters. The fourth-order valence-corrected chi connectivity index (χ4v) is 2.32. The molecule has 0 aliphatic heterocycles. The molecule has 0 aliphatic rings. The van der Waals surface area contributed by atoms with E-state index in [0.29, 0.717) is 5.82 Å². The SMILES string of the molecule is CN=CC(=CN)c1cnc2ccc(Nc3cc(C)ccn3)nc2c1. The summed E-state index contributed by atoms with van der Waals surface area (Å²) in [5.74, 6) is 1.47. The van der Waals surface area contributed by atoms with Crippen molar-refractivity contribution in [1.82, 2.24) is 15.0 Å². The van der Waals surface area contributed by atoms with E-state index in [2.05, 4.69) is 25.3 Å². The molecule has 6 heteroatoms. The zero-order valence-corrected chi connectivity index (χ0v) is 13.6. The molecule has 0 aromatic carbocycles. The van der Waals surface area contributed by atoms with Crippen LogP contribution < -0.4 is 11.1 Å². The van der Waals surface area contributed by atoms with Crippen molar-refractivity contribution in [3.8, 4) is 0 Å². The van der Waals surface area contributed by atoms with Gasteiger partial charge in [-0.05, 0) is 42.8 Å². The lowest BCUT2D eigenvalue weighted by Gasteiger charge is -2.07. The van der Waals surface area contributed by atoms with Gasteiger partial charge in [0.15, 0.2) is 0 Å². The summed E-state index contributed by atoms with van der Waals surface area (Å²) in [5.41, 5.74) is 10.0. The maximum absolute atomic E-state index is 5.66. The number of anilines is 2. The van der Waals surface area contributed by atoms with Crippen molar-refractivity contribution in [2.45, 2.75) is 6.92 Å². The molecule has 3 heterocycles. The van der Waals surface area contributed by atoms with Gasteiger partial charge in [-0.15, -0.1) is 0 Å². The van der Waals surface area contributed by atoms with Crippen LogP contribution >= 0.6 is 0 Å². The van der Waals surface area contributed by atoms with Gasteiger partial charge in [0.1, 0.15) is 11.6 Å². The second kappa shape index (κ2) is 6.87. The Bertz CT molecular complexity index is 930. The molecule has 3 rings (SSSR count). The molecule has 0 amide bonds.